The van der Waals surface area contributed by atoms with E-state index in [0.29, 0.717) is 34.6 Å². The molecule has 3 rings (SSSR count). The molecule has 124 valence electrons. The highest BCUT2D eigenvalue weighted by Crippen LogP contribution is 2.36. The predicted octanol–water partition coefficient (Wildman–Crippen LogP) is 3.88. The zero-order valence-corrected chi connectivity index (χ0v) is 13.8. The minimum absolute atomic E-state index is 0.109. The maximum atomic E-state index is 12.4. The predicted molar refractivity (Wildman–Crippen MR) is 92.0 cm³/mol. The molecule has 0 radical (unpaired) electrons. The van der Waals surface area contributed by atoms with E-state index >= 15 is 0 Å². The summed E-state index contributed by atoms with van der Waals surface area (Å²) in [7, 11) is 1.53. The van der Waals surface area contributed by atoms with E-state index in [2.05, 4.69) is 0 Å². The van der Waals surface area contributed by atoms with Crippen molar-refractivity contribution in [2.45, 2.75) is 13.8 Å². The summed E-state index contributed by atoms with van der Waals surface area (Å²) in [6.07, 6.45) is 0. The molecule has 0 fully saturated rings. The third-order valence-corrected chi connectivity index (χ3v) is 3.75. The van der Waals surface area contributed by atoms with Crippen LogP contribution in [-0.2, 0) is 0 Å². The van der Waals surface area contributed by atoms with E-state index in [1.54, 1.807) is 30.3 Å². The van der Waals surface area contributed by atoms with Crippen LogP contribution in [0.25, 0.3) is 22.3 Å². The minimum atomic E-state index is -0.456. The zero-order chi connectivity index (χ0) is 17.3. The van der Waals surface area contributed by atoms with E-state index in [0.717, 1.165) is 5.56 Å². The molecule has 0 unspecified atom stereocenters. The molecule has 24 heavy (non-hydrogen) atoms. The molecule has 0 bridgehead atoms. The topological polar surface area (TPSA) is 68.9 Å². The van der Waals surface area contributed by atoms with Crippen molar-refractivity contribution >= 4 is 11.0 Å². The Balaban J connectivity index is 2.21. The molecular formula is C19H18O5. The largest absolute Gasteiger partial charge is 0.502 e. The number of hydrogen-bond acceptors (Lipinski definition) is 5. The number of rotatable bonds is 4. The highest BCUT2D eigenvalue weighted by atomic mass is 16.5. The van der Waals surface area contributed by atoms with Gasteiger partial charge in [-0.05, 0) is 44.2 Å². The molecule has 0 saturated carbocycles. The Morgan fingerprint density at radius 3 is 2.62 bits per heavy atom. The second kappa shape index (κ2) is 6.28. The highest BCUT2D eigenvalue weighted by Gasteiger charge is 2.17. The summed E-state index contributed by atoms with van der Waals surface area (Å²) in [5.41, 5.74) is 1.42. The van der Waals surface area contributed by atoms with E-state index in [9.17, 15) is 9.90 Å². The van der Waals surface area contributed by atoms with Gasteiger partial charge in [-0.1, -0.05) is 11.6 Å². The number of aromatic hydroxyl groups is 1. The molecule has 3 aromatic rings. The third kappa shape index (κ3) is 2.69. The fourth-order valence-corrected chi connectivity index (χ4v) is 2.58. The molecule has 0 aliphatic heterocycles. The van der Waals surface area contributed by atoms with Crippen molar-refractivity contribution in [2.75, 3.05) is 13.7 Å². The SMILES string of the molecule is CCOc1ccc(-c2oc3ccc(C)cc3c(=O)c2O)cc1OC. The van der Waals surface area contributed by atoms with Crippen molar-refractivity contribution in [3.05, 3.63) is 52.2 Å². The van der Waals surface area contributed by atoms with Crippen LogP contribution in [0, 0.1) is 6.92 Å². The van der Waals surface area contributed by atoms with Crippen LogP contribution in [0.5, 0.6) is 17.2 Å². The van der Waals surface area contributed by atoms with Crippen molar-refractivity contribution in [2.24, 2.45) is 0 Å². The van der Waals surface area contributed by atoms with Crippen LogP contribution in [0.2, 0.25) is 0 Å². The van der Waals surface area contributed by atoms with Crippen LogP contribution >= 0.6 is 0 Å². The van der Waals surface area contributed by atoms with E-state index in [4.69, 9.17) is 13.9 Å². The van der Waals surface area contributed by atoms with Crippen LogP contribution < -0.4 is 14.9 Å². The van der Waals surface area contributed by atoms with Crippen LogP contribution in [0.3, 0.4) is 0 Å². The van der Waals surface area contributed by atoms with Crippen LogP contribution in [0.1, 0.15) is 12.5 Å². The van der Waals surface area contributed by atoms with Crippen molar-refractivity contribution in [3.63, 3.8) is 0 Å². The van der Waals surface area contributed by atoms with Gasteiger partial charge in [-0.3, -0.25) is 4.79 Å². The molecule has 0 amide bonds. The van der Waals surface area contributed by atoms with E-state index in [1.807, 2.05) is 19.9 Å². The first-order valence-corrected chi connectivity index (χ1v) is 7.62. The number of hydrogen-bond donors (Lipinski definition) is 1. The number of benzene rings is 2. The molecule has 0 spiro atoms. The van der Waals surface area contributed by atoms with Gasteiger partial charge >= 0.3 is 0 Å². The molecule has 5 nitrogen and oxygen atoms in total. The van der Waals surface area contributed by atoms with Crippen LogP contribution in [-0.4, -0.2) is 18.8 Å². The summed E-state index contributed by atoms with van der Waals surface area (Å²) >= 11 is 0. The first kappa shape index (κ1) is 15.9. The smallest absolute Gasteiger partial charge is 0.235 e. The average Bonchev–Trinajstić information content (AvgIpc) is 2.59. The quantitative estimate of drug-likeness (QED) is 0.788. The summed E-state index contributed by atoms with van der Waals surface area (Å²) in [5.74, 6) is 0.777. The Labute approximate surface area is 139 Å². The number of methoxy groups -OCH3 is 1. The summed E-state index contributed by atoms with van der Waals surface area (Å²) in [4.78, 5) is 12.4. The molecule has 2 aromatic carbocycles. The standard InChI is InChI=1S/C19H18O5/c1-4-23-15-8-6-12(10-16(15)22-3)19-18(21)17(20)13-9-11(2)5-7-14(13)24-19/h5-10,21H,4H2,1-3H3. The third-order valence-electron chi connectivity index (χ3n) is 3.75. The van der Waals surface area contributed by atoms with Gasteiger partial charge in [0.05, 0.1) is 19.1 Å². The maximum absolute atomic E-state index is 12.4. The highest BCUT2D eigenvalue weighted by molar-refractivity contribution is 5.82. The van der Waals surface area contributed by atoms with Gasteiger partial charge in [-0.15, -0.1) is 0 Å². The summed E-state index contributed by atoms with van der Waals surface area (Å²) < 4.78 is 16.6. The van der Waals surface area contributed by atoms with E-state index in [-0.39, 0.29) is 5.76 Å². The molecule has 1 heterocycles. The Bertz CT molecular complexity index is 956. The second-order valence-corrected chi connectivity index (χ2v) is 5.41. The lowest BCUT2D eigenvalue weighted by Crippen LogP contribution is -2.03. The van der Waals surface area contributed by atoms with E-state index in [1.165, 1.54) is 7.11 Å². The first-order valence-electron chi connectivity index (χ1n) is 7.62. The summed E-state index contributed by atoms with van der Waals surface area (Å²) in [5, 5.41) is 10.7. The monoisotopic (exact) mass is 326 g/mol. The molecule has 0 aliphatic carbocycles. The lowest BCUT2D eigenvalue weighted by atomic mass is 10.1. The zero-order valence-electron chi connectivity index (χ0n) is 13.8. The molecule has 0 atom stereocenters. The Morgan fingerprint density at radius 2 is 1.92 bits per heavy atom. The van der Waals surface area contributed by atoms with Crippen LogP contribution in [0.4, 0.5) is 0 Å². The van der Waals surface area contributed by atoms with Crippen molar-refractivity contribution in [1.82, 2.24) is 0 Å². The molecular weight excluding hydrogens is 308 g/mol. The lowest BCUT2D eigenvalue weighted by molar-refractivity contribution is 0.311. The first-order chi connectivity index (χ1) is 11.5. The average molecular weight is 326 g/mol. The Hall–Kier alpha value is -2.95. The minimum Gasteiger partial charge on any atom is -0.502 e. The number of ether oxygens (including phenoxy) is 2. The maximum Gasteiger partial charge on any atom is 0.235 e. The molecule has 1 N–H and O–H groups in total. The lowest BCUT2D eigenvalue weighted by Gasteiger charge is -2.11. The summed E-state index contributed by atoms with van der Waals surface area (Å²) in [6.45, 7) is 4.26. The summed E-state index contributed by atoms with van der Waals surface area (Å²) in [6, 6.07) is 10.4. The van der Waals surface area contributed by atoms with Gasteiger partial charge < -0.3 is 19.0 Å². The van der Waals surface area contributed by atoms with Crippen molar-refractivity contribution in [1.29, 1.82) is 0 Å². The Morgan fingerprint density at radius 1 is 1.12 bits per heavy atom. The van der Waals surface area contributed by atoms with Crippen LogP contribution in [0.15, 0.2) is 45.6 Å². The van der Waals surface area contributed by atoms with Crippen molar-refractivity contribution in [3.8, 4) is 28.6 Å². The van der Waals surface area contributed by atoms with Gasteiger partial charge in [0.2, 0.25) is 11.2 Å². The van der Waals surface area contributed by atoms with Gasteiger partial charge in [0, 0.05) is 5.56 Å². The molecule has 5 heteroatoms. The van der Waals surface area contributed by atoms with Gasteiger partial charge in [0.1, 0.15) is 5.58 Å². The number of aryl methyl sites for hydroxylation is 1. The van der Waals surface area contributed by atoms with E-state index < -0.39 is 11.2 Å². The van der Waals surface area contributed by atoms with Gasteiger partial charge in [0.25, 0.3) is 0 Å². The van der Waals surface area contributed by atoms with Gasteiger partial charge in [-0.25, -0.2) is 0 Å². The van der Waals surface area contributed by atoms with Gasteiger partial charge in [0.15, 0.2) is 17.3 Å². The fraction of sp³-hybridized carbons (Fsp3) is 0.211. The molecule has 0 saturated heterocycles. The molecule has 0 aliphatic rings. The fourth-order valence-electron chi connectivity index (χ4n) is 2.58. The Kier molecular flexibility index (Phi) is 4.16. The van der Waals surface area contributed by atoms with Crippen molar-refractivity contribution < 1.29 is 19.0 Å². The number of fused-ring (bicyclic) bond motifs is 1. The van der Waals surface area contributed by atoms with Gasteiger partial charge in [-0.2, -0.15) is 0 Å². The second-order valence-electron chi connectivity index (χ2n) is 5.41. The normalized spacial score (nSPS) is 10.8. The molecule has 1 aromatic heterocycles.